The second-order valence-electron chi connectivity index (χ2n) is 4.21. The normalized spacial score (nSPS) is 15.5. The van der Waals surface area contributed by atoms with Crippen LogP contribution in [0.5, 0.6) is 0 Å². The third kappa shape index (κ3) is 1.67. The second-order valence-corrected chi connectivity index (χ2v) is 4.21. The molecule has 0 N–H and O–H groups in total. The first-order valence-corrected chi connectivity index (χ1v) is 5.36. The van der Waals surface area contributed by atoms with E-state index in [0.29, 0.717) is 5.92 Å². The van der Waals surface area contributed by atoms with Crippen molar-refractivity contribution < 1.29 is 4.42 Å². The van der Waals surface area contributed by atoms with E-state index < -0.39 is 0 Å². The third-order valence-electron chi connectivity index (χ3n) is 2.80. The summed E-state index contributed by atoms with van der Waals surface area (Å²) in [6, 6.07) is 8.27. The summed E-state index contributed by atoms with van der Waals surface area (Å²) in [5, 5.41) is 0. The summed E-state index contributed by atoms with van der Waals surface area (Å²) in [6.07, 6.45) is 4.37. The Bertz CT molecular complexity index is 466. The van der Waals surface area contributed by atoms with Crippen LogP contribution in [0.15, 0.2) is 34.9 Å². The molecule has 3 rings (SSSR count). The van der Waals surface area contributed by atoms with Crippen LogP contribution in [0, 0.1) is 6.92 Å². The largest absolute Gasteiger partial charge is 0.441 e. The number of oxazole rings is 1. The van der Waals surface area contributed by atoms with Crippen LogP contribution in [-0.4, -0.2) is 4.98 Å². The average Bonchev–Trinajstić information content (AvgIpc) is 2.99. The molecule has 76 valence electrons. The maximum absolute atomic E-state index is 5.72. The van der Waals surface area contributed by atoms with Gasteiger partial charge < -0.3 is 4.42 Å². The van der Waals surface area contributed by atoms with Crippen LogP contribution >= 0.6 is 0 Å². The first-order chi connectivity index (χ1) is 7.33. The van der Waals surface area contributed by atoms with Crippen LogP contribution in [0.4, 0.5) is 0 Å². The lowest BCUT2D eigenvalue weighted by Gasteiger charge is -1.96. The van der Waals surface area contributed by atoms with E-state index in [4.69, 9.17) is 4.42 Å². The zero-order chi connectivity index (χ0) is 10.3. The smallest absolute Gasteiger partial charge is 0.226 e. The van der Waals surface area contributed by atoms with Crippen molar-refractivity contribution in [2.45, 2.75) is 25.7 Å². The number of hydrogen-bond donors (Lipinski definition) is 0. The Morgan fingerprint density at radius 1 is 1.20 bits per heavy atom. The van der Waals surface area contributed by atoms with Crippen molar-refractivity contribution in [1.29, 1.82) is 0 Å². The highest BCUT2D eigenvalue weighted by Gasteiger charge is 2.27. The molecule has 0 radical (unpaired) electrons. The van der Waals surface area contributed by atoms with Gasteiger partial charge in [-0.25, -0.2) is 4.98 Å². The summed E-state index contributed by atoms with van der Waals surface area (Å²) in [4.78, 5) is 4.31. The Morgan fingerprint density at radius 3 is 2.60 bits per heavy atom. The van der Waals surface area contributed by atoms with Crippen molar-refractivity contribution in [3.8, 4) is 11.5 Å². The standard InChI is InChI=1S/C13H13NO/c1-9-2-4-11(5-3-9)13-14-8-12(15-13)10-6-7-10/h2-5,8,10H,6-7H2,1H3. The van der Waals surface area contributed by atoms with Gasteiger partial charge >= 0.3 is 0 Å². The minimum Gasteiger partial charge on any atom is -0.441 e. The lowest BCUT2D eigenvalue weighted by Crippen LogP contribution is -1.77. The van der Waals surface area contributed by atoms with Crippen molar-refractivity contribution >= 4 is 0 Å². The van der Waals surface area contributed by atoms with Crippen LogP contribution in [-0.2, 0) is 0 Å². The number of aryl methyl sites for hydroxylation is 1. The van der Waals surface area contributed by atoms with Crippen molar-refractivity contribution in [3.63, 3.8) is 0 Å². The Hall–Kier alpha value is -1.57. The van der Waals surface area contributed by atoms with Crippen LogP contribution < -0.4 is 0 Å². The van der Waals surface area contributed by atoms with Gasteiger partial charge in [0.1, 0.15) is 5.76 Å². The highest BCUT2D eigenvalue weighted by molar-refractivity contribution is 5.53. The van der Waals surface area contributed by atoms with Gasteiger partial charge in [0.15, 0.2) is 0 Å². The summed E-state index contributed by atoms with van der Waals surface area (Å²) >= 11 is 0. The first-order valence-electron chi connectivity index (χ1n) is 5.36. The van der Waals surface area contributed by atoms with Gasteiger partial charge in [0.25, 0.3) is 0 Å². The number of hydrogen-bond acceptors (Lipinski definition) is 2. The molecule has 1 aromatic heterocycles. The van der Waals surface area contributed by atoms with Gasteiger partial charge in [-0.15, -0.1) is 0 Å². The molecule has 0 saturated heterocycles. The van der Waals surface area contributed by atoms with E-state index in [1.165, 1.54) is 18.4 Å². The predicted octanol–water partition coefficient (Wildman–Crippen LogP) is 3.53. The zero-order valence-corrected chi connectivity index (χ0v) is 8.73. The molecule has 1 aliphatic rings. The second kappa shape index (κ2) is 3.23. The molecule has 0 bridgehead atoms. The minimum atomic E-state index is 0.636. The lowest BCUT2D eigenvalue weighted by molar-refractivity contribution is 0.520. The molecule has 1 saturated carbocycles. The highest BCUT2D eigenvalue weighted by Crippen LogP contribution is 2.41. The van der Waals surface area contributed by atoms with Gasteiger partial charge in [0.05, 0.1) is 6.20 Å². The number of aromatic nitrogens is 1. The number of nitrogens with zero attached hydrogens (tertiary/aromatic N) is 1. The van der Waals surface area contributed by atoms with Crippen LogP contribution in [0.25, 0.3) is 11.5 Å². The molecule has 15 heavy (non-hydrogen) atoms. The van der Waals surface area contributed by atoms with Gasteiger partial charge in [-0.2, -0.15) is 0 Å². The molecule has 1 aromatic carbocycles. The maximum atomic E-state index is 5.72. The number of rotatable bonds is 2. The van der Waals surface area contributed by atoms with Gasteiger partial charge in [-0.05, 0) is 31.9 Å². The van der Waals surface area contributed by atoms with E-state index >= 15 is 0 Å². The highest BCUT2D eigenvalue weighted by atomic mass is 16.4. The summed E-state index contributed by atoms with van der Waals surface area (Å²) in [6.45, 7) is 2.08. The minimum absolute atomic E-state index is 0.636. The van der Waals surface area contributed by atoms with E-state index in [1.807, 2.05) is 6.20 Å². The van der Waals surface area contributed by atoms with E-state index in [2.05, 4.69) is 36.2 Å². The number of benzene rings is 1. The molecule has 0 atom stereocenters. The van der Waals surface area contributed by atoms with Crippen molar-refractivity contribution in [2.24, 2.45) is 0 Å². The van der Waals surface area contributed by atoms with Crippen LogP contribution in [0.3, 0.4) is 0 Å². The van der Waals surface area contributed by atoms with E-state index in [1.54, 1.807) is 0 Å². The van der Waals surface area contributed by atoms with Gasteiger partial charge in [-0.1, -0.05) is 17.7 Å². The Kier molecular flexibility index (Phi) is 1.88. The molecule has 1 heterocycles. The zero-order valence-electron chi connectivity index (χ0n) is 8.73. The van der Waals surface area contributed by atoms with Crippen LogP contribution in [0.2, 0.25) is 0 Å². The molecule has 2 aromatic rings. The maximum Gasteiger partial charge on any atom is 0.226 e. The van der Waals surface area contributed by atoms with E-state index in [-0.39, 0.29) is 0 Å². The molecule has 1 aliphatic carbocycles. The van der Waals surface area contributed by atoms with E-state index in [9.17, 15) is 0 Å². The molecular weight excluding hydrogens is 186 g/mol. The molecule has 0 amide bonds. The average molecular weight is 199 g/mol. The molecule has 0 spiro atoms. The molecule has 0 aliphatic heterocycles. The first kappa shape index (κ1) is 8.72. The monoisotopic (exact) mass is 199 g/mol. The molecular formula is C13H13NO. The fraction of sp³-hybridized carbons (Fsp3) is 0.308. The molecule has 2 nitrogen and oxygen atoms in total. The van der Waals surface area contributed by atoms with Crippen molar-refractivity contribution in [3.05, 3.63) is 41.8 Å². The Balaban J connectivity index is 1.93. The summed E-state index contributed by atoms with van der Waals surface area (Å²) in [5.74, 6) is 2.43. The summed E-state index contributed by atoms with van der Waals surface area (Å²) in [7, 11) is 0. The van der Waals surface area contributed by atoms with E-state index in [0.717, 1.165) is 17.2 Å². The molecule has 0 unspecified atom stereocenters. The fourth-order valence-corrected chi connectivity index (χ4v) is 1.67. The Labute approximate surface area is 89.0 Å². The van der Waals surface area contributed by atoms with Gasteiger partial charge in [-0.3, -0.25) is 0 Å². The lowest BCUT2D eigenvalue weighted by atomic mass is 10.1. The van der Waals surface area contributed by atoms with Crippen LogP contribution in [0.1, 0.15) is 30.1 Å². The predicted molar refractivity (Wildman–Crippen MR) is 58.7 cm³/mol. The fourth-order valence-electron chi connectivity index (χ4n) is 1.67. The topological polar surface area (TPSA) is 26.0 Å². The van der Waals surface area contributed by atoms with Gasteiger partial charge in [0.2, 0.25) is 5.89 Å². The van der Waals surface area contributed by atoms with Crippen molar-refractivity contribution in [2.75, 3.05) is 0 Å². The summed E-state index contributed by atoms with van der Waals surface area (Å²) < 4.78 is 5.72. The molecule has 1 fully saturated rings. The quantitative estimate of drug-likeness (QED) is 0.739. The summed E-state index contributed by atoms with van der Waals surface area (Å²) in [5.41, 5.74) is 2.32. The van der Waals surface area contributed by atoms with Crippen molar-refractivity contribution in [1.82, 2.24) is 4.98 Å². The molecule has 2 heteroatoms. The SMILES string of the molecule is Cc1ccc(-c2ncc(C3CC3)o2)cc1. The third-order valence-corrected chi connectivity index (χ3v) is 2.80. The Morgan fingerprint density at radius 2 is 1.93 bits per heavy atom. The van der Waals surface area contributed by atoms with Gasteiger partial charge in [0, 0.05) is 11.5 Å².